The normalized spacial score (nSPS) is 14.2. The van der Waals surface area contributed by atoms with Gasteiger partial charge in [-0.2, -0.15) is 22.0 Å². The van der Waals surface area contributed by atoms with Crippen molar-refractivity contribution in [2.45, 2.75) is 31.3 Å². The summed E-state index contributed by atoms with van der Waals surface area (Å²) in [6.07, 6.45) is -8.48. The molecule has 2 atom stereocenters. The van der Waals surface area contributed by atoms with Crippen LogP contribution >= 0.6 is 0 Å². The topological polar surface area (TPSA) is 108 Å². The van der Waals surface area contributed by atoms with Gasteiger partial charge in [-0.1, -0.05) is 30.3 Å². The van der Waals surface area contributed by atoms with Crippen LogP contribution in [0, 0.1) is 0 Å². The standard InChI is InChI=1S/C19H19F6N3O4S/c20-7-15(28-18(30)17(21)22)16(29)12-3-1-11(2-4-12)13-5-6-14(26-8-13)9-27-33(31,32)10-19(23,24)25/h1-6,8,15-17,27,29H,7,9-10H2,(H,28,30)/t15-,16+/m1/s1. The molecule has 182 valence electrons. The van der Waals surface area contributed by atoms with Crippen LogP contribution in [0.1, 0.15) is 17.4 Å². The SMILES string of the molecule is O=C(N[C@H](CF)[C@@H](O)c1ccc(-c2ccc(CNS(=O)(=O)CC(F)(F)F)nc2)cc1)C(F)F. The van der Waals surface area contributed by atoms with Crippen molar-refractivity contribution in [1.29, 1.82) is 0 Å². The van der Waals surface area contributed by atoms with E-state index < -0.39 is 59.7 Å². The summed E-state index contributed by atoms with van der Waals surface area (Å²) in [5.74, 6) is -3.72. The number of aromatic nitrogens is 1. The van der Waals surface area contributed by atoms with Gasteiger partial charge < -0.3 is 10.4 Å². The van der Waals surface area contributed by atoms with Crippen LogP contribution in [0.2, 0.25) is 0 Å². The van der Waals surface area contributed by atoms with Crippen molar-refractivity contribution in [1.82, 2.24) is 15.0 Å². The van der Waals surface area contributed by atoms with E-state index in [9.17, 15) is 44.7 Å². The number of pyridine rings is 1. The molecule has 0 aliphatic carbocycles. The molecule has 0 spiro atoms. The molecule has 0 saturated carbocycles. The van der Waals surface area contributed by atoms with Crippen LogP contribution in [0.4, 0.5) is 26.3 Å². The Bertz CT molecular complexity index is 1030. The molecule has 0 aliphatic rings. The molecule has 2 aromatic rings. The quantitative estimate of drug-likeness (QED) is 0.436. The lowest BCUT2D eigenvalue weighted by Gasteiger charge is -2.22. The van der Waals surface area contributed by atoms with Crippen LogP contribution in [-0.2, 0) is 21.4 Å². The van der Waals surface area contributed by atoms with Gasteiger partial charge in [0.1, 0.15) is 12.8 Å². The highest BCUT2D eigenvalue weighted by atomic mass is 32.2. The molecular weight excluding hydrogens is 480 g/mol. The fourth-order valence-corrected chi connectivity index (χ4v) is 3.60. The molecule has 1 aromatic heterocycles. The molecule has 7 nitrogen and oxygen atoms in total. The third kappa shape index (κ3) is 8.29. The minimum absolute atomic E-state index is 0.152. The van der Waals surface area contributed by atoms with E-state index in [1.54, 1.807) is 10.0 Å². The van der Waals surface area contributed by atoms with Crippen LogP contribution in [0.5, 0.6) is 0 Å². The van der Waals surface area contributed by atoms with Crippen molar-refractivity contribution in [2.24, 2.45) is 0 Å². The van der Waals surface area contributed by atoms with Crippen molar-refractivity contribution in [3.63, 3.8) is 0 Å². The molecular formula is C19H19F6N3O4S. The van der Waals surface area contributed by atoms with E-state index in [-0.39, 0.29) is 11.3 Å². The van der Waals surface area contributed by atoms with Crippen LogP contribution in [-0.4, -0.2) is 55.5 Å². The van der Waals surface area contributed by atoms with Gasteiger partial charge in [0, 0.05) is 11.8 Å². The Labute approximate surface area is 184 Å². The molecule has 0 saturated heterocycles. The number of nitrogens with one attached hydrogen (secondary N) is 2. The van der Waals surface area contributed by atoms with Crippen LogP contribution in [0.15, 0.2) is 42.6 Å². The summed E-state index contributed by atoms with van der Waals surface area (Å²) >= 11 is 0. The zero-order valence-electron chi connectivity index (χ0n) is 16.7. The Kier molecular flexibility index (Phi) is 8.80. The number of halogens is 6. The first-order valence-corrected chi connectivity index (χ1v) is 10.9. The van der Waals surface area contributed by atoms with Gasteiger partial charge in [0.05, 0.1) is 18.3 Å². The first-order valence-electron chi connectivity index (χ1n) is 9.23. The maximum Gasteiger partial charge on any atom is 0.404 e. The number of rotatable bonds is 10. The number of sulfonamides is 1. The first kappa shape index (κ1) is 26.5. The number of carbonyl (C=O) groups is 1. The maximum absolute atomic E-state index is 13.1. The number of benzene rings is 1. The number of alkyl halides is 6. The molecule has 1 heterocycles. The van der Waals surface area contributed by atoms with Gasteiger partial charge in [0.25, 0.3) is 5.91 Å². The van der Waals surface area contributed by atoms with Gasteiger partial charge in [0.15, 0.2) is 5.75 Å². The third-order valence-electron chi connectivity index (χ3n) is 4.31. The molecule has 1 amide bonds. The Morgan fingerprint density at radius 1 is 1.06 bits per heavy atom. The first-order chi connectivity index (χ1) is 15.3. The molecule has 14 heteroatoms. The summed E-state index contributed by atoms with van der Waals surface area (Å²) in [5.41, 5.74) is 1.42. The number of nitrogens with zero attached hydrogens (tertiary/aromatic N) is 1. The number of aliphatic hydroxyl groups is 1. The van der Waals surface area contributed by atoms with Crippen LogP contribution in [0.3, 0.4) is 0 Å². The van der Waals surface area contributed by atoms with Gasteiger partial charge in [0.2, 0.25) is 10.0 Å². The van der Waals surface area contributed by atoms with Gasteiger partial charge in [-0.05, 0) is 17.2 Å². The minimum Gasteiger partial charge on any atom is -0.386 e. The molecule has 3 N–H and O–H groups in total. The molecule has 1 aromatic carbocycles. The monoisotopic (exact) mass is 499 g/mol. The molecule has 0 aliphatic heterocycles. The Morgan fingerprint density at radius 2 is 1.67 bits per heavy atom. The van der Waals surface area contributed by atoms with Crippen molar-refractivity contribution in [3.05, 3.63) is 53.9 Å². The summed E-state index contributed by atoms with van der Waals surface area (Å²) in [7, 11) is -4.57. The predicted molar refractivity (Wildman–Crippen MR) is 105 cm³/mol. The number of carbonyl (C=O) groups excluding carboxylic acids is 1. The molecule has 0 radical (unpaired) electrons. The van der Waals surface area contributed by atoms with Crippen molar-refractivity contribution >= 4 is 15.9 Å². The van der Waals surface area contributed by atoms with Crippen LogP contribution < -0.4 is 10.0 Å². The van der Waals surface area contributed by atoms with E-state index in [2.05, 4.69) is 4.98 Å². The summed E-state index contributed by atoms with van der Waals surface area (Å²) < 4.78 is 99.0. The van der Waals surface area contributed by atoms with E-state index in [4.69, 9.17) is 0 Å². The second kappa shape index (κ2) is 10.9. The van der Waals surface area contributed by atoms with E-state index >= 15 is 0 Å². The Hall–Kier alpha value is -2.71. The van der Waals surface area contributed by atoms with E-state index in [1.807, 2.05) is 0 Å². The Morgan fingerprint density at radius 3 is 2.15 bits per heavy atom. The zero-order chi connectivity index (χ0) is 24.8. The fraction of sp³-hybridized carbons (Fsp3) is 0.368. The summed E-state index contributed by atoms with van der Waals surface area (Å²) in [4.78, 5) is 15.0. The van der Waals surface area contributed by atoms with Crippen molar-refractivity contribution in [3.8, 4) is 11.1 Å². The van der Waals surface area contributed by atoms with E-state index in [1.165, 1.54) is 42.6 Å². The van der Waals surface area contributed by atoms with Crippen LogP contribution in [0.25, 0.3) is 11.1 Å². The number of amides is 1. The highest BCUT2D eigenvalue weighted by molar-refractivity contribution is 7.89. The summed E-state index contributed by atoms with van der Waals surface area (Å²) in [6.45, 7) is -1.72. The second-order valence-corrected chi connectivity index (χ2v) is 8.68. The van der Waals surface area contributed by atoms with Gasteiger partial charge in [-0.15, -0.1) is 0 Å². The summed E-state index contributed by atoms with van der Waals surface area (Å²) in [6, 6.07) is 7.13. The Balaban J connectivity index is 2.04. The number of hydrogen-bond donors (Lipinski definition) is 3. The highest BCUT2D eigenvalue weighted by Crippen LogP contribution is 2.24. The van der Waals surface area contributed by atoms with E-state index in [0.717, 1.165) is 0 Å². The summed E-state index contributed by atoms with van der Waals surface area (Å²) in [5, 5.41) is 11.9. The molecule has 33 heavy (non-hydrogen) atoms. The van der Waals surface area contributed by atoms with Crippen molar-refractivity contribution < 1.29 is 44.7 Å². The van der Waals surface area contributed by atoms with Gasteiger partial charge >= 0.3 is 12.6 Å². The average Bonchev–Trinajstić information content (AvgIpc) is 2.74. The molecule has 2 rings (SSSR count). The third-order valence-corrected chi connectivity index (χ3v) is 5.60. The average molecular weight is 499 g/mol. The highest BCUT2D eigenvalue weighted by Gasteiger charge is 2.35. The largest absolute Gasteiger partial charge is 0.404 e. The smallest absolute Gasteiger partial charge is 0.386 e. The molecule has 0 fully saturated rings. The fourth-order valence-electron chi connectivity index (χ4n) is 2.70. The molecule has 0 unspecified atom stereocenters. The van der Waals surface area contributed by atoms with E-state index in [0.29, 0.717) is 11.1 Å². The van der Waals surface area contributed by atoms with Crippen molar-refractivity contribution in [2.75, 3.05) is 12.4 Å². The predicted octanol–water partition coefficient (Wildman–Crippen LogP) is 2.48. The van der Waals surface area contributed by atoms with Gasteiger partial charge in [-0.25, -0.2) is 17.5 Å². The maximum atomic E-state index is 13.1. The van der Waals surface area contributed by atoms with Gasteiger partial charge in [-0.3, -0.25) is 9.78 Å². The lowest BCUT2D eigenvalue weighted by atomic mass is 9.99. The lowest BCUT2D eigenvalue weighted by molar-refractivity contribution is -0.133. The minimum atomic E-state index is -4.87. The second-order valence-electron chi connectivity index (χ2n) is 6.87. The zero-order valence-corrected chi connectivity index (χ0v) is 17.5. The molecule has 0 bridgehead atoms. The number of aliphatic hydroxyl groups excluding tert-OH is 1. The number of hydrogen-bond acceptors (Lipinski definition) is 5. The lowest BCUT2D eigenvalue weighted by Crippen LogP contribution is -2.43.